The number of aliphatic hydroxyl groups is 1. The second kappa shape index (κ2) is 12.3. The van der Waals surface area contributed by atoms with E-state index in [1.807, 2.05) is 20.8 Å². The van der Waals surface area contributed by atoms with E-state index in [9.17, 15) is 9.90 Å². The van der Waals surface area contributed by atoms with Crippen molar-refractivity contribution in [3.63, 3.8) is 0 Å². The normalized spacial score (nSPS) is 17.9. The van der Waals surface area contributed by atoms with Crippen molar-refractivity contribution in [2.24, 2.45) is 17.3 Å². The van der Waals surface area contributed by atoms with E-state index in [0.717, 1.165) is 6.42 Å². The minimum atomic E-state index is -2.15. The Morgan fingerprint density at radius 3 is 1.53 bits per heavy atom. The zero-order valence-corrected chi connectivity index (χ0v) is 29.0. The highest BCUT2D eigenvalue weighted by Gasteiger charge is 2.46. The van der Waals surface area contributed by atoms with Crippen molar-refractivity contribution < 1.29 is 23.5 Å². The molecule has 0 radical (unpaired) electrons. The number of esters is 1. The molecule has 0 rings (SSSR count). The van der Waals surface area contributed by atoms with Crippen LogP contribution in [0.1, 0.15) is 103 Å². The molecule has 0 saturated carbocycles. The number of rotatable bonds is 12. The lowest BCUT2D eigenvalue weighted by Crippen LogP contribution is -2.51. The largest absolute Gasteiger partial charge is 0.460 e. The SMILES string of the molecule is C[C@H](CC(C)(C)[C@H](CC(=O)OC(C)(C)C)O[Si](C)(C)C(C)(C)C)[C@H](O[Si](C)(C)C(C)(C)C)[C@@H](C)CO. The van der Waals surface area contributed by atoms with Crippen LogP contribution in [0.3, 0.4) is 0 Å². The summed E-state index contributed by atoms with van der Waals surface area (Å²) in [5.41, 5.74) is -0.829. The zero-order chi connectivity index (χ0) is 29.1. The van der Waals surface area contributed by atoms with E-state index in [1.165, 1.54) is 0 Å². The van der Waals surface area contributed by atoms with E-state index in [0.29, 0.717) is 0 Å². The van der Waals surface area contributed by atoms with E-state index in [4.69, 9.17) is 13.6 Å². The third kappa shape index (κ3) is 10.9. The maximum absolute atomic E-state index is 13.0. The first-order valence-electron chi connectivity index (χ1n) is 13.9. The number of ether oxygens (including phenoxy) is 1. The lowest BCUT2D eigenvalue weighted by Gasteiger charge is -2.47. The van der Waals surface area contributed by atoms with Crippen molar-refractivity contribution in [3.05, 3.63) is 0 Å². The molecule has 0 aromatic heterocycles. The minimum Gasteiger partial charge on any atom is -0.460 e. The van der Waals surface area contributed by atoms with Gasteiger partial charge in [-0.1, -0.05) is 69.2 Å². The molecule has 0 unspecified atom stereocenters. The van der Waals surface area contributed by atoms with Crippen molar-refractivity contribution in [3.8, 4) is 0 Å². The number of hydrogen-bond donors (Lipinski definition) is 1. The van der Waals surface area contributed by atoms with Crippen molar-refractivity contribution in [1.82, 2.24) is 0 Å². The first-order valence-corrected chi connectivity index (χ1v) is 19.7. The standard InChI is InChI=1S/C29H62O5Si2/c1-21(25(22(2)20-30)34-36(16,17)28(9,10)11)19-29(12,13)23(18-24(31)32-26(3,4)5)33-35(14,15)27(6,7)8/h21-23,25,30H,18-20H2,1-17H3/t21-,22+,23+,25+/m1/s1. The van der Waals surface area contributed by atoms with Gasteiger partial charge < -0.3 is 18.7 Å². The van der Waals surface area contributed by atoms with E-state index in [2.05, 4.69) is 95.4 Å². The summed E-state index contributed by atoms with van der Waals surface area (Å²) in [6, 6.07) is 0. The van der Waals surface area contributed by atoms with E-state index < -0.39 is 22.2 Å². The van der Waals surface area contributed by atoms with Gasteiger partial charge in [0.15, 0.2) is 16.6 Å². The van der Waals surface area contributed by atoms with Crippen LogP contribution in [0.5, 0.6) is 0 Å². The van der Waals surface area contributed by atoms with Gasteiger partial charge in [-0.3, -0.25) is 4.79 Å². The number of aliphatic hydroxyl groups excluding tert-OH is 1. The molecule has 0 aliphatic rings. The van der Waals surface area contributed by atoms with Crippen LogP contribution in [0.2, 0.25) is 36.3 Å². The highest BCUT2D eigenvalue weighted by Crippen LogP contribution is 2.44. The maximum Gasteiger partial charge on any atom is 0.308 e. The molecule has 7 heteroatoms. The topological polar surface area (TPSA) is 65.0 Å². The smallest absolute Gasteiger partial charge is 0.308 e. The molecule has 0 aromatic rings. The Kier molecular flexibility index (Phi) is 12.2. The van der Waals surface area contributed by atoms with Crippen molar-refractivity contribution in [2.45, 2.75) is 157 Å². The molecule has 0 bridgehead atoms. The number of hydrogen-bond acceptors (Lipinski definition) is 5. The Balaban J connectivity index is 6.14. The molecule has 0 fully saturated rings. The van der Waals surface area contributed by atoms with E-state index >= 15 is 0 Å². The van der Waals surface area contributed by atoms with Gasteiger partial charge in [0.1, 0.15) is 5.60 Å². The van der Waals surface area contributed by atoms with Crippen LogP contribution in [0.15, 0.2) is 0 Å². The Labute approximate surface area is 226 Å². The van der Waals surface area contributed by atoms with Crippen LogP contribution >= 0.6 is 0 Å². The van der Waals surface area contributed by atoms with Crippen LogP contribution in [0, 0.1) is 17.3 Å². The molecule has 0 spiro atoms. The first kappa shape index (κ1) is 35.8. The fraction of sp³-hybridized carbons (Fsp3) is 0.966. The van der Waals surface area contributed by atoms with Crippen molar-refractivity contribution >= 4 is 22.6 Å². The summed E-state index contributed by atoms with van der Waals surface area (Å²) in [7, 11) is -4.18. The Hall–Kier alpha value is -0.216. The summed E-state index contributed by atoms with van der Waals surface area (Å²) in [6.45, 7) is 37.0. The monoisotopic (exact) mass is 546 g/mol. The van der Waals surface area contributed by atoms with E-state index in [-0.39, 0.29) is 58.5 Å². The number of carbonyl (C=O) groups excluding carboxylic acids is 1. The third-order valence-corrected chi connectivity index (χ3v) is 17.3. The fourth-order valence-electron chi connectivity index (χ4n) is 4.04. The Bertz CT molecular complexity index is 696. The van der Waals surface area contributed by atoms with Gasteiger partial charge in [0.05, 0.1) is 18.6 Å². The molecule has 216 valence electrons. The predicted octanol–water partition coefficient (Wildman–Crippen LogP) is 8.18. The van der Waals surface area contributed by atoms with Crippen LogP contribution in [-0.4, -0.2) is 52.1 Å². The molecular formula is C29H62O5Si2. The van der Waals surface area contributed by atoms with Crippen molar-refractivity contribution in [2.75, 3.05) is 6.61 Å². The molecular weight excluding hydrogens is 484 g/mol. The summed E-state index contributed by atoms with van der Waals surface area (Å²) in [6.07, 6.45) is 0.713. The third-order valence-electron chi connectivity index (χ3n) is 8.38. The first-order chi connectivity index (χ1) is 15.7. The highest BCUT2D eigenvalue weighted by molar-refractivity contribution is 6.74. The highest BCUT2D eigenvalue weighted by atomic mass is 28.4. The van der Waals surface area contributed by atoms with Gasteiger partial charge in [-0.25, -0.2) is 0 Å². The second-order valence-corrected chi connectivity index (χ2v) is 25.3. The summed E-state index contributed by atoms with van der Waals surface area (Å²) < 4.78 is 19.6. The summed E-state index contributed by atoms with van der Waals surface area (Å²) in [5.74, 6) is -0.0132. The predicted molar refractivity (Wildman–Crippen MR) is 158 cm³/mol. The van der Waals surface area contributed by atoms with Gasteiger partial charge in [-0.15, -0.1) is 0 Å². The van der Waals surface area contributed by atoms with E-state index in [1.54, 1.807) is 0 Å². The van der Waals surface area contributed by atoms with Gasteiger partial charge in [-0.05, 0) is 74.8 Å². The molecule has 0 saturated heterocycles. The molecule has 0 aromatic carbocycles. The lowest BCUT2D eigenvalue weighted by molar-refractivity contribution is -0.158. The number of carbonyl (C=O) groups is 1. The quantitative estimate of drug-likeness (QED) is 0.197. The molecule has 0 aliphatic heterocycles. The molecule has 1 N–H and O–H groups in total. The molecule has 0 heterocycles. The van der Waals surface area contributed by atoms with Gasteiger partial charge in [-0.2, -0.15) is 0 Å². The van der Waals surface area contributed by atoms with Crippen LogP contribution in [0.4, 0.5) is 0 Å². The zero-order valence-electron chi connectivity index (χ0n) is 27.0. The van der Waals surface area contributed by atoms with Crippen molar-refractivity contribution in [1.29, 1.82) is 0 Å². The second-order valence-electron chi connectivity index (χ2n) is 15.8. The average Bonchev–Trinajstić information content (AvgIpc) is 2.60. The average molecular weight is 547 g/mol. The van der Waals surface area contributed by atoms with Gasteiger partial charge in [0.2, 0.25) is 0 Å². The lowest BCUT2D eigenvalue weighted by atomic mass is 9.74. The molecule has 0 aliphatic carbocycles. The molecule has 36 heavy (non-hydrogen) atoms. The van der Waals surface area contributed by atoms with Gasteiger partial charge in [0, 0.05) is 12.5 Å². The molecule has 4 atom stereocenters. The fourth-order valence-corrected chi connectivity index (χ4v) is 7.00. The Morgan fingerprint density at radius 1 is 0.750 bits per heavy atom. The summed E-state index contributed by atoms with van der Waals surface area (Å²) in [5, 5.41) is 10.2. The van der Waals surface area contributed by atoms with Gasteiger partial charge in [0.25, 0.3) is 0 Å². The molecule has 5 nitrogen and oxygen atoms in total. The van der Waals surface area contributed by atoms with Crippen LogP contribution < -0.4 is 0 Å². The minimum absolute atomic E-state index is 0.0236. The van der Waals surface area contributed by atoms with Crippen LogP contribution in [-0.2, 0) is 18.4 Å². The Morgan fingerprint density at radius 2 is 1.17 bits per heavy atom. The van der Waals surface area contributed by atoms with Gasteiger partial charge >= 0.3 is 5.97 Å². The molecule has 0 amide bonds. The summed E-state index contributed by atoms with van der Waals surface area (Å²) >= 11 is 0. The maximum atomic E-state index is 13.0. The summed E-state index contributed by atoms with van der Waals surface area (Å²) in [4.78, 5) is 13.0. The van der Waals surface area contributed by atoms with Crippen LogP contribution in [0.25, 0.3) is 0 Å².